The first-order valence-corrected chi connectivity index (χ1v) is 13.0. The monoisotopic (exact) mass is 531 g/mol. The molecule has 0 aliphatic carbocycles. The van der Waals surface area contributed by atoms with Crippen molar-refractivity contribution in [1.82, 2.24) is 4.90 Å². The van der Waals surface area contributed by atoms with Gasteiger partial charge in [0.2, 0.25) is 0 Å². The van der Waals surface area contributed by atoms with Gasteiger partial charge in [-0.05, 0) is 73.4 Å². The zero-order chi connectivity index (χ0) is 25.9. The normalized spacial score (nSPS) is 14.0. The summed E-state index contributed by atoms with van der Waals surface area (Å²) in [5.74, 6) is 0.802. The molecule has 3 aromatic rings. The van der Waals surface area contributed by atoms with Crippen LogP contribution in [0.2, 0.25) is 10.0 Å². The quantitative estimate of drug-likeness (QED) is 0.246. The van der Waals surface area contributed by atoms with E-state index in [1.54, 1.807) is 24.3 Å². The Morgan fingerprint density at radius 1 is 0.806 bits per heavy atom. The van der Waals surface area contributed by atoms with Crippen molar-refractivity contribution in [3.63, 3.8) is 0 Å². The second-order valence-corrected chi connectivity index (χ2v) is 9.71. The molecule has 0 saturated carbocycles. The van der Waals surface area contributed by atoms with Gasteiger partial charge < -0.3 is 19.7 Å². The van der Waals surface area contributed by atoms with Crippen LogP contribution in [-0.2, 0) is 11.2 Å². The lowest BCUT2D eigenvalue weighted by Gasteiger charge is -2.33. The fourth-order valence-electron chi connectivity index (χ4n) is 4.07. The third kappa shape index (κ3) is 9.07. The van der Waals surface area contributed by atoms with Crippen molar-refractivity contribution in [2.45, 2.75) is 38.5 Å². The molecule has 0 amide bonds. The Morgan fingerprint density at radius 3 is 1.86 bits per heavy atom. The Hall–Kier alpha value is -2.12. The first kappa shape index (κ1) is 28.5. The van der Waals surface area contributed by atoms with Crippen molar-refractivity contribution >= 4 is 23.2 Å². The van der Waals surface area contributed by atoms with E-state index in [2.05, 4.69) is 11.8 Å². The summed E-state index contributed by atoms with van der Waals surface area (Å²) in [6.45, 7) is 6.50. The molecule has 0 aromatic heterocycles. The number of ether oxygens (including phenoxy) is 2. The maximum absolute atomic E-state index is 11.0. The van der Waals surface area contributed by atoms with Crippen LogP contribution in [0.4, 0.5) is 0 Å². The number of hydrogen-bond donors (Lipinski definition) is 2. The molecule has 5 nitrogen and oxygen atoms in total. The van der Waals surface area contributed by atoms with Gasteiger partial charge >= 0.3 is 0 Å². The molecule has 0 aliphatic heterocycles. The van der Waals surface area contributed by atoms with Crippen LogP contribution in [0.5, 0.6) is 5.75 Å². The Morgan fingerprint density at radius 2 is 1.36 bits per heavy atom. The molecule has 194 valence electrons. The molecule has 0 saturated heterocycles. The predicted octanol–water partition coefficient (Wildman–Crippen LogP) is 6.11. The fourth-order valence-corrected chi connectivity index (χ4v) is 4.47. The minimum absolute atomic E-state index is 0.0393. The highest BCUT2D eigenvalue weighted by Gasteiger charge is 2.23. The number of nitrogens with zero attached hydrogens (tertiary/aromatic N) is 1. The van der Waals surface area contributed by atoms with Crippen LogP contribution in [0.25, 0.3) is 0 Å². The van der Waals surface area contributed by atoms with E-state index in [1.165, 1.54) is 0 Å². The van der Waals surface area contributed by atoms with E-state index in [1.807, 2.05) is 55.5 Å². The molecular weight excluding hydrogens is 497 g/mol. The van der Waals surface area contributed by atoms with Crippen molar-refractivity contribution in [3.05, 3.63) is 99.5 Å². The van der Waals surface area contributed by atoms with Gasteiger partial charge in [-0.25, -0.2) is 0 Å². The van der Waals surface area contributed by atoms with Crippen molar-refractivity contribution in [1.29, 1.82) is 0 Å². The SMILES string of the molecule is CCOCCOc1ccc(C[C@@H](C)N(C[C@H](O)c2cccc(Cl)c2)C[C@H](O)c2cccc(Cl)c2)cc1. The molecule has 3 rings (SSSR count). The van der Waals surface area contributed by atoms with Crippen LogP contribution < -0.4 is 4.74 Å². The maximum atomic E-state index is 11.0. The van der Waals surface area contributed by atoms with Crippen molar-refractivity contribution < 1.29 is 19.7 Å². The smallest absolute Gasteiger partial charge is 0.119 e. The summed E-state index contributed by atoms with van der Waals surface area (Å²) in [5, 5.41) is 23.1. The minimum atomic E-state index is -0.751. The lowest BCUT2D eigenvalue weighted by atomic mass is 10.0. The van der Waals surface area contributed by atoms with E-state index >= 15 is 0 Å². The van der Waals surface area contributed by atoms with Crippen LogP contribution >= 0.6 is 23.2 Å². The molecule has 0 aliphatic rings. The van der Waals surface area contributed by atoms with Crippen LogP contribution in [0.15, 0.2) is 72.8 Å². The van der Waals surface area contributed by atoms with E-state index in [4.69, 9.17) is 32.7 Å². The molecule has 0 heterocycles. The number of aliphatic hydroxyl groups is 2. The highest BCUT2D eigenvalue weighted by Crippen LogP contribution is 2.24. The van der Waals surface area contributed by atoms with Gasteiger partial charge in [0.05, 0.1) is 18.8 Å². The third-order valence-corrected chi connectivity index (χ3v) is 6.53. The van der Waals surface area contributed by atoms with Gasteiger partial charge in [-0.2, -0.15) is 0 Å². The topological polar surface area (TPSA) is 62.2 Å². The molecule has 3 atom stereocenters. The van der Waals surface area contributed by atoms with Gasteiger partial charge in [-0.3, -0.25) is 4.90 Å². The molecule has 7 heteroatoms. The zero-order valence-corrected chi connectivity index (χ0v) is 22.3. The first-order valence-electron chi connectivity index (χ1n) is 12.3. The summed E-state index contributed by atoms with van der Waals surface area (Å²) in [6.07, 6.45) is -0.762. The lowest BCUT2D eigenvalue weighted by Crippen LogP contribution is -2.40. The molecule has 0 bridgehead atoms. The fraction of sp³-hybridized carbons (Fsp3) is 0.379. The predicted molar refractivity (Wildman–Crippen MR) is 146 cm³/mol. The molecule has 36 heavy (non-hydrogen) atoms. The van der Waals surface area contributed by atoms with Gasteiger partial charge in [0, 0.05) is 35.8 Å². The Bertz CT molecular complexity index is 1010. The van der Waals surface area contributed by atoms with Crippen LogP contribution in [-0.4, -0.2) is 54.1 Å². The third-order valence-electron chi connectivity index (χ3n) is 6.06. The molecule has 0 spiro atoms. The van der Waals surface area contributed by atoms with E-state index in [-0.39, 0.29) is 6.04 Å². The van der Waals surface area contributed by atoms with Crippen molar-refractivity contribution in [3.8, 4) is 5.75 Å². The van der Waals surface area contributed by atoms with Crippen molar-refractivity contribution in [2.75, 3.05) is 32.9 Å². The Balaban J connectivity index is 1.70. The first-order chi connectivity index (χ1) is 17.4. The van der Waals surface area contributed by atoms with Gasteiger partial charge in [0.1, 0.15) is 12.4 Å². The van der Waals surface area contributed by atoms with Crippen LogP contribution in [0.3, 0.4) is 0 Å². The summed E-state index contributed by atoms with van der Waals surface area (Å²) in [6, 6.07) is 22.5. The average molecular weight is 533 g/mol. The molecular formula is C29H35Cl2NO4. The highest BCUT2D eigenvalue weighted by molar-refractivity contribution is 6.30. The summed E-state index contributed by atoms with van der Waals surface area (Å²) in [7, 11) is 0. The number of hydrogen-bond acceptors (Lipinski definition) is 5. The molecule has 0 fully saturated rings. The number of rotatable bonds is 14. The number of aliphatic hydroxyl groups excluding tert-OH is 2. The largest absolute Gasteiger partial charge is 0.491 e. The zero-order valence-electron chi connectivity index (χ0n) is 20.8. The van der Waals surface area contributed by atoms with Gasteiger partial charge in [0.25, 0.3) is 0 Å². The minimum Gasteiger partial charge on any atom is -0.491 e. The number of benzene rings is 3. The standard InChI is InChI=1S/C29H35Cl2NO4/c1-3-35-14-15-36-27-12-10-22(11-13-27)16-21(2)32(19-28(33)23-6-4-8-25(30)17-23)20-29(34)24-7-5-9-26(31)18-24/h4-13,17-18,21,28-29,33-34H,3,14-16,19-20H2,1-2H3/t21-,28+,29+/m1/s1. The van der Waals surface area contributed by atoms with E-state index in [0.717, 1.165) is 28.9 Å². The van der Waals surface area contributed by atoms with Crippen molar-refractivity contribution in [2.24, 2.45) is 0 Å². The van der Waals surface area contributed by atoms with E-state index in [0.29, 0.717) is 43.0 Å². The summed E-state index contributed by atoms with van der Waals surface area (Å²) in [4.78, 5) is 2.10. The summed E-state index contributed by atoms with van der Waals surface area (Å²) >= 11 is 12.3. The second kappa shape index (κ2) is 14.6. The highest BCUT2D eigenvalue weighted by atomic mass is 35.5. The lowest BCUT2D eigenvalue weighted by molar-refractivity contribution is 0.0480. The van der Waals surface area contributed by atoms with E-state index in [9.17, 15) is 10.2 Å². The number of halogens is 2. The average Bonchev–Trinajstić information content (AvgIpc) is 2.87. The van der Waals surface area contributed by atoms with Gasteiger partial charge in [0.15, 0.2) is 0 Å². The van der Waals surface area contributed by atoms with Crippen LogP contribution in [0, 0.1) is 0 Å². The maximum Gasteiger partial charge on any atom is 0.119 e. The molecule has 2 N–H and O–H groups in total. The van der Waals surface area contributed by atoms with E-state index < -0.39 is 12.2 Å². The Kier molecular flexibility index (Phi) is 11.5. The van der Waals surface area contributed by atoms with Crippen LogP contribution in [0.1, 0.15) is 42.7 Å². The summed E-state index contributed by atoms with van der Waals surface area (Å²) in [5.41, 5.74) is 2.62. The Labute approximate surface area is 224 Å². The second-order valence-electron chi connectivity index (χ2n) is 8.84. The molecule has 3 aromatic carbocycles. The summed E-state index contributed by atoms with van der Waals surface area (Å²) < 4.78 is 11.0. The van der Waals surface area contributed by atoms with Gasteiger partial charge in [-0.15, -0.1) is 0 Å². The molecule has 0 radical (unpaired) electrons. The van der Waals surface area contributed by atoms with Gasteiger partial charge in [-0.1, -0.05) is 59.6 Å². The molecule has 0 unspecified atom stereocenters.